The van der Waals surface area contributed by atoms with Gasteiger partial charge in [-0.1, -0.05) is 223 Å². The summed E-state index contributed by atoms with van der Waals surface area (Å²) < 4.78 is 16.7. The molecule has 0 rings (SSSR count). The molecule has 0 heterocycles. The van der Waals surface area contributed by atoms with Crippen molar-refractivity contribution in [3.63, 3.8) is 0 Å². The lowest BCUT2D eigenvalue weighted by atomic mass is 10.0. The molecule has 0 fully saturated rings. The quantitative estimate of drug-likeness (QED) is 0.0263. The Morgan fingerprint density at radius 1 is 0.356 bits per heavy atom. The third kappa shape index (κ3) is 46.0. The summed E-state index contributed by atoms with van der Waals surface area (Å²) in [7, 11) is 0. The fourth-order valence-electron chi connectivity index (χ4n) is 6.83. The van der Waals surface area contributed by atoms with Crippen molar-refractivity contribution in [3.05, 3.63) is 60.8 Å². The van der Waals surface area contributed by atoms with Crippen LogP contribution in [0.15, 0.2) is 60.8 Å². The highest BCUT2D eigenvalue weighted by Gasteiger charge is 2.19. The fraction of sp³-hybridized carbons (Fsp3) is 0.755. The Balaban J connectivity index is 4.43. The predicted molar refractivity (Wildman–Crippen MR) is 251 cm³/mol. The van der Waals surface area contributed by atoms with Gasteiger partial charge in [-0.05, 0) is 57.8 Å². The Morgan fingerprint density at radius 2 is 0.661 bits per heavy atom. The van der Waals surface area contributed by atoms with Crippen LogP contribution >= 0.6 is 0 Å². The third-order valence-corrected chi connectivity index (χ3v) is 10.5. The van der Waals surface area contributed by atoms with Gasteiger partial charge in [-0.3, -0.25) is 14.4 Å². The Kier molecular flexibility index (Phi) is 45.4. The number of hydrogen-bond donors (Lipinski definition) is 0. The highest BCUT2D eigenvalue weighted by molar-refractivity contribution is 5.71. The van der Waals surface area contributed by atoms with Gasteiger partial charge >= 0.3 is 17.9 Å². The largest absolute Gasteiger partial charge is 0.462 e. The van der Waals surface area contributed by atoms with Crippen molar-refractivity contribution < 1.29 is 28.6 Å². The van der Waals surface area contributed by atoms with Crippen molar-refractivity contribution in [3.8, 4) is 0 Å². The van der Waals surface area contributed by atoms with E-state index in [0.29, 0.717) is 19.3 Å². The first-order valence-electron chi connectivity index (χ1n) is 24.8. The van der Waals surface area contributed by atoms with Gasteiger partial charge in [0.15, 0.2) is 6.10 Å². The summed E-state index contributed by atoms with van der Waals surface area (Å²) in [5, 5.41) is 0. The summed E-state index contributed by atoms with van der Waals surface area (Å²) in [6.45, 7) is 6.47. The summed E-state index contributed by atoms with van der Waals surface area (Å²) in [5.74, 6) is -0.947. The second kappa shape index (κ2) is 47.8. The number of carbonyl (C=O) groups is 3. The maximum Gasteiger partial charge on any atom is 0.306 e. The number of esters is 3. The minimum absolute atomic E-state index is 0.0889. The molecule has 6 nitrogen and oxygen atoms in total. The van der Waals surface area contributed by atoms with Crippen LogP contribution in [0, 0.1) is 0 Å². The first-order valence-corrected chi connectivity index (χ1v) is 24.8. The lowest BCUT2D eigenvalue weighted by molar-refractivity contribution is -0.167. The monoisotopic (exact) mass is 825 g/mol. The Bertz CT molecular complexity index is 1090. The minimum Gasteiger partial charge on any atom is -0.462 e. The zero-order valence-electron chi connectivity index (χ0n) is 38.8. The van der Waals surface area contributed by atoms with Crippen LogP contribution in [0.2, 0.25) is 0 Å². The molecular formula is C53H92O6. The minimum atomic E-state index is -0.791. The lowest BCUT2D eigenvalue weighted by Gasteiger charge is -2.18. The van der Waals surface area contributed by atoms with Crippen LogP contribution in [-0.2, 0) is 28.6 Å². The van der Waals surface area contributed by atoms with Crippen molar-refractivity contribution in [2.45, 2.75) is 245 Å². The number of allylic oxidation sites excluding steroid dienone is 10. The molecule has 0 aromatic heterocycles. The van der Waals surface area contributed by atoms with E-state index in [9.17, 15) is 14.4 Å². The highest BCUT2D eigenvalue weighted by Crippen LogP contribution is 2.15. The van der Waals surface area contributed by atoms with E-state index in [0.717, 1.165) is 77.0 Å². The SMILES string of the molecule is CC/C=C\C/C=C\C/C=C\C/C=C\C/C=C\CCCC(=O)OCC(COC(=O)CCCCCCCCCCCC)OC(=O)CCCCCCCCCCCCCCCC. The molecule has 1 unspecified atom stereocenters. The van der Waals surface area contributed by atoms with Gasteiger partial charge in [-0.25, -0.2) is 0 Å². The molecule has 0 bridgehead atoms. The highest BCUT2D eigenvalue weighted by atomic mass is 16.6. The number of ether oxygens (including phenoxy) is 3. The van der Waals surface area contributed by atoms with Crippen molar-refractivity contribution in [2.75, 3.05) is 13.2 Å². The van der Waals surface area contributed by atoms with E-state index in [4.69, 9.17) is 14.2 Å². The van der Waals surface area contributed by atoms with Gasteiger partial charge < -0.3 is 14.2 Å². The van der Waals surface area contributed by atoms with E-state index in [1.165, 1.54) is 116 Å². The molecule has 0 aliphatic rings. The van der Waals surface area contributed by atoms with Gasteiger partial charge in [0, 0.05) is 19.3 Å². The van der Waals surface area contributed by atoms with Crippen molar-refractivity contribution >= 4 is 17.9 Å². The third-order valence-electron chi connectivity index (χ3n) is 10.5. The molecule has 0 aromatic carbocycles. The maximum atomic E-state index is 12.8. The molecule has 0 amide bonds. The molecule has 59 heavy (non-hydrogen) atoms. The van der Waals surface area contributed by atoms with Gasteiger partial charge in [0.05, 0.1) is 0 Å². The zero-order valence-corrected chi connectivity index (χ0v) is 38.8. The fourth-order valence-corrected chi connectivity index (χ4v) is 6.83. The van der Waals surface area contributed by atoms with E-state index in [1.54, 1.807) is 0 Å². The molecule has 0 spiro atoms. The lowest BCUT2D eigenvalue weighted by Crippen LogP contribution is -2.30. The summed E-state index contributed by atoms with van der Waals surface area (Å²) in [6, 6.07) is 0. The number of rotatable bonds is 44. The van der Waals surface area contributed by atoms with Crippen molar-refractivity contribution in [2.24, 2.45) is 0 Å². The van der Waals surface area contributed by atoms with Gasteiger partial charge in [-0.2, -0.15) is 0 Å². The van der Waals surface area contributed by atoms with Gasteiger partial charge in [0.2, 0.25) is 0 Å². The predicted octanol–water partition coefficient (Wildman–Crippen LogP) is 16.1. The topological polar surface area (TPSA) is 78.9 Å². The normalized spacial score (nSPS) is 12.5. The van der Waals surface area contributed by atoms with Crippen molar-refractivity contribution in [1.82, 2.24) is 0 Å². The van der Waals surface area contributed by atoms with E-state index < -0.39 is 6.10 Å². The first kappa shape index (κ1) is 56.1. The van der Waals surface area contributed by atoms with Gasteiger partial charge in [0.25, 0.3) is 0 Å². The Morgan fingerprint density at radius 3 is 1.03 bits per heavy atom. The summed E-state index contributed by atoms with van der Waals surface area (Å²) >= 11 is 0. The number of carbonyl (C=O) groups excluding carboxylic acids is 3. The zero-order chi connectivity index (χ0) is 43.0. The number of unbranched alkanes of at least 4 members (excludes halogenated alkanes) is 23. The van der Waals surface area contributed by atoms with Crippen LogP contribution < -0.4 is 0 Å². The number of hydrogen-bond acceptors (Lipinski definition) is 6. The maximum absolute atomic E-state index is 12.8. The second-order valence-electron chi connectivity index (χ2n) is 16.4. The van der Waals surface area contributed by atoms with Gasteiger partial charge in [-0.15, -0.1) is 0 Å². The average molecular weight is 825 g/mol. The summed E-state index contributed by atoms with van der Waals surface area (Å²) in [5.41, 5.74) is 0. The molecule has 0 saturated carbocycles. The van der Waals surface area contributed by atoms with Crippen LogP contribution in [0.25, 0.3) is 0 Å². The van der Waals surface area contributed by atoms with Crippen LogP contribution in [0.3, 0.4) is 0 Å². The molecule has 0 saturated heterocycles. The molecule has 340 valence electrons. The standard InChI is InChI=1S/C53H92O6/c1-4-7-10-13-16-19-22-24-26-27-28-30-31-34-37-40-43-46-52(55)58-49-50(48-57-51(54)45-42-39-36-33-21-18-15-12-9-6-3)59-53(56)47-44-41-38-35-32-29-25-23-20-17-14-11-8-5-2/h7,10,16,19,24,26,28,30,34,37,50H,4-6,8-9,11-15,17-18,20-23,25,27,29,31-33,35-36,38-49H2,1-3H3/b10-7-,19-16-,26-24-,30-28-,37-34-. The van der Waals surface area contributed by atoms with E-state index >= 15 is 0 Å². The molecule has 0 N–H and O–H groups in total. The van der Waals surface area contributed by atoms with Crippen LogP contribution in [0.4, 0.5) is 0 Å². The van der Waals surface area contributed by atoms with Crippen LogP contribution in [-0.4, -0.2) is 37.2 Å². The van der Waals surface area contributed by atoms with Gasteiger partial charge in [0.1, 0.15) is 13.2 Å². The second-order valence-corrected chi connectivity index (χ2v) is 16.4. The Hall–Kier alpha value is -2.89. The molecule has 1 atom stereocenters. The van der Waals surface area contributed by atoms with Crippen molar-refractivity contribution in [1.29, 1.82) is 0 Å². The first-order chi connectivity index (χ1) is 29.0. The molecule has 0 aromatic rings. The Labute approximate surface area is 364 Å². The van der Waals surface area contributed by atoms with Crippen LogP contribution in [0.5, 0.6) is 0 Å². The average Bonchev–Trinajstić information content (AvgIpc) is 3.23. The molecule has 0 radical (unpaired) electrons. The summed E-state index contributed by atoms with van der Waals surface area (Å²) in [4.78, 5) is 37.8. The smallest absolute Gasteiger partial charge is 0.306 e. The molecule has 0 aliphatic carbocycles. The van der Waals surface area contributed by atoms with E-state index in [-0.39, 0.29) is 37.5 Å². The molecular weight excluding hydrogens is 733 g/mol. The van der Waals surface area contributed by atoms with Crippen LogP contribution in [0.1, 0.15) is 239 Å². The molecule has 0 aliphatic heterocycles. The van der Waals surface area contributed by atoms with E-state index in [2.05, 4.69) is 81.5 Å². The van der Waals surface area contributed by atoms with E-state index in [1.807, 2.05) is 0 Å². The molecule has 6 heteroatoms. The summed E-state index contributed by atoms with van der Waals surface area (Å²) in [6.07, 6.45) is 57.8.